The van der Waals surface area contributed by atoms with E-state index in [9.17, 15) is 9.59 Å². The molecule has 0 aromatic heterocycles. The number of rotatable bonds is 7. The highest BCUT2D eigenvalue weighted by Crippen LogP contribution is 2.07. The first kappa shape index (κ1) is 18.1. The Morgan fingerprint density at radius 3 is 2.35 bits per heavy atom. The molecule has 0 aromatic rings. The molecule has 114 valence electrons. The van der Waals surface area contributed by atoms with Crippen molar-refractivity contribution in [1.82, 2.24) is 10.6 Å². The Balaban J connectivity index is 4.07. The number of alkyl carbamates (subject to hydrolysis) is 1. The van der Waals surface area contributed by atoms with Crippen LogP contribution in [0.3, 0.4) is 0 Å². The van der Waals surface area contributed by atoms with Crippen molar-refractivity contribution in [1.29, 1.82) is 5.41 Å². The standard InChI is InChI=1S/C14H25N3O3/c1-10(15)11(9-16-5)12(18)7-6-8-17-13(19)20-14(2,3)4/h9,15-16H,6-8H2,1-5H3,(H,17,19)/b11-9+,15-10?. The van der Waals surface area contributed by atoms with Crippen molar-refractivity contribution >= 4 is 17.6 Å². The van der Waals surface area contributed by atoms with Crippen LogP contribution in [0, 0.1) is 5.41 Å². The van der Waals surface area contributed by atoms with E-state index >= 15 is 0 Å². The van der Waals surface area contributed by atoms with Gasteiger partial charge in [0, 0.05) is 31.9 Å². The lowest BCUT2D eigenvalue weighted by Crippen LogP contribution is -2.33. The Morgan fingerprint density at radius 1 is 1.30 bits per heavy atom. The van der Waals surface area contributed by atoms with E-state index in [1.807, 2.05) is 0 Å². The lowest BCUT2D eigenvalue weighted by molar-refractivity contribution is -0.115. The molecular weight excluding hydrogens is 258 g/mol. The van der Waals surface area contributed by atoms with Gasteiger partial charge in [-0.15, -0.1) is 0 Å². The lowest BCUT2D eigenvalue weighted by atomic mass is 10.0. The van der Waals surface area contributed by atoms with Gasteiger partial charge in [0.25, 0.3) is 0 Å². The smallest absolute Gasteiger partial charge is 0.407 e. The van der Waals surface area contributed by atoms with E-state index in [4.69, 9.17) is 10.1 Å². The molecule has 0 unspecified atom stereocenters. The van der Waals surface area contributed by atoms with Gasteiger partial charge in [-0.05, 0) is 34.1 Å². The molecule has 0 aromatic carbocycles. The maximum atomic E-state index is 11.9. The lowest BCUT2D eigenvalue weighted by Gasteiger charge is -2.19. The number of ketones is 1. The summed E-state index contributed by atoms with van der Waals surface area (Å²) in [7, 11) is 1.68. The number of hydrogen-bond donors (Lipinski definition) is 3. The second-order valence-electron chi connectivity index (χ2n) is 5.43. The summed E-state index contributed by atoms with van der Waals surface area (Å²) in [5, 5.41) is 12.9. The zero-order valence-corrected chi connectivity index (χ0v) is 12.9. The molecule has 0 saturated heterocycles. The summed E-state index contributed by atoms with van der Waals surface area (Å²) in [6.07, 6.45) is 1.82. The fourth-order valence-corrected chi connectivity index (χ4v) is 1.43. The molecule has 0 bridgehead atoms. The molecule has 0 spiro atoms. The average Bonchev–Trinajstić information content (AvgIpc) is 2.28. The van der Waals surface area contributed by atoms with Crippen LogP contribution in [-0.2, 0) is 9.53 Å². The van der Waals surface area contributed by atoms with Crippen molar-refractivity contribution in [3.05, 3.63) is 11.8 Å². The Morgan fingerprint density at radius 2 is 1.90 bits per heavy atom. The highest BCUT2D eigenvalue weighted by molar-refractivity contribution is 6.20. The molecule has 0 aliphatic rings. The number of carbonyl (C=O) groups excluding carboxylic acids is 2. The third-order valence-corrected chi connectivity index (χ3v) is 2.24. The largest absolute Gasteiger partial charge is 0.444 e. The van der Waals surface area contributed by atoms with E-state index in [-0.39, 0.29) is 17.9 Å². The number of amides is 1. The summed E-state index contributed by atoms with van der Waals surface area (Å²) in [4.78, 5) is 23.2. The summed E-state index contributed by atoms with van der Waals surface area (Å²) in [5.41, 5.74) is 0.0640. The molecule has 0 rings (SSSR count). The van der Waals surface area contributed by atoms with Gasteiger partial charge in [-0.25, -0.2) is 4.79 Å². The van der Waals surface area contributed by atoms with E-state index in [2.05, 4.69) is 10.6 Å². The molecule has 3 N–H and O–H groups in total. The van der Waals surface area contributed by atoms with Crippen LogP contribution < -0.4 is 10.6 Å². The van der Waals surface area contributed by atoms with Gasteiger partial charge >= 0.3 is 6.09 Å². The van der Waals surface area contributed by atoms with E-state index in [0.717, 1.165) is 0 Å². The second-order valence-corrected chi connectivity index (χ2v) is 5.43. The average molecular weight is 283 g/mol. The maximum absolute atomic E-state index is 11.9. The minimum Gasteiger partial charge on any atom is -0.444 e. The van der Waals surface area contributed by atoms with Gasteiger partial charge in [0.15, 0.2) is 5.78 Å². The van der Waals surface area contributed by atoms with Crippen LogP contribution in [0.15, 0.2) is 11.8 Å². The fraction of sp³-hybridized carbons (Fsp3) is 0.643. The summed E-state index contributed by atoms with van der Waals surface area (Å²) >= 11 is 0. The van der Waals surface area contributed by atoms with Crippen LogP contribution >= 0.6 is 0 Å². The molecule has 0 heterocycles. The minimum atomic E-state index is -0.528. The van der Waals surface area contributed by atoms with Gasteiger partial charge in [0.05, 0.1) is 5.57 Å². The molecule has 0 fully saturated rings. The van der Waals surface area contributed by atoms with Crippen LogP contribution in [0.1, 0.15) is 40.5 Å². The van der Waals surface area contributed by atoms with Gasteiger partial charge in [-0.2, -0.15) is 0 Å². The number of hydrogen-bond acceptors (Lipinski definition) is 5. The molecule has 20 heavy (non-hydrogen) atoms. The zero-order valence-electron chi connectivity index (χ0n) is 12.9. The van der Waals surface area contributed by atoms with Crippen molar-refractivity contribution in [2.45, 2.75) is 46.1 Å². The van der Waals surface area contributed by atoms with Crippen molar-refractivity contribution in [3.8, 4) is 0 Å². The molecule has 0 aliphatic carbocycles. The Hall–Kier alpha value is -1.85. The minimum absolute atomic E-state index is 0.113. The van der Waals surface area contributed by atoms with Crippen molar-refractivity contribution in [2.75, 3.05) is 13.6 Å². The molecule has 0 aliphatic heterocycles. The molecule has 6 heteroatoms. The van der Waals surface area contributed by atoms with Crippen LogP contribution in [0.25, 0.3) is 0 Å². The molecule has 6 nitrogen and oxygen atoms in total. The van der Waals surface area contributed by atoms with E-state index in [1.165, 1.54) is 6.20 Å². The van der Waals surface area contributed by atoms with Crippen LogP contribution in [-0.4, -0.2) is 36.8 Å². The monoisotopic (exact) mass is 283 g/mol. The van der Waals surface area contributed by atoms with E-state index < -0.39 is 11.7 Å². The third-order valence-electron chi connectivity index (χ3n) is 2.24. The normalized spacial score (nSPS) is 11.8. The first-order valence-electron chi connectivity index (χ1n) is 6.60. The molecule has 0 saturated carbocycles. The highest BCUT2D eigenvalue weighted by Gasteiger charge is 2.16. The number of allylic oxidation sites excluding steroid dienone is 1. The van der Waals surface area contributed by atoms with E-state index in [0.29, 0.717) is 18.5 Å². The fourth-order valence-electron chi connectivity index (χ4n) is 1.43. The van der Waals surface area contributed by atoms with Gasteiger partial charge in [0.2, 0.25) is 0 Å². The van der Waals surface area contributed by atoms with Crippen molar-refractivity contribution < 1.29 is 14.3 Å². The van der Waals surface area contributed by atoms with Crippen LogP contribution in [0.5, 0.6) is 0 Å². The second kappa shape index (κ2) is 8.35. The molecular formula is C14H25N3O3. The zero-order chi connectivity index (χ0) is 15.8. The molecule has 1 amide bonds. The predicted molar refractivity (Wildman–Crippen MR) is 79.0 cm³/mol. The van der Waals surface area contributed by atoms with Gasteiger partial charge in [-0.1, -0.05) is 0 Å². The van der Waals surface area contributed by atoms with E-state index in [1.54, 1.807) is 34.7 Å². The maximum Gasteiger partial charge on any atom is 0.407 e. The van der Waals surface area contributed by atoms with Gasteiger partial charge in [0.1, 0.15) is 5.60 Å². The first-order valence-corrected chi connectivity index (χ1v) is 6.60. The predicted octanol–water partition coefficient (Wildman–Crippen LogP) is 2.00. The van der Waals surface area contributed by atoms with Gasteiger partial charge < -0.3 is 20.8 Å². The van der Waals surface area contributed by atoms with Gasteiger partial charge in [-0.3, -0.25) is 4.79 Å². The SMILES string of the molecule is CN/C=C(\C(C)=N)C(=O)CCCNC(=O)OC(C)(C)C. The summed E-state index contributed by atoms with van der Waals surface area (Å²) in [6, 6.07) is 0. The summed E-state index contributed by atoms with van der Waals surface area (Å²) in [6.45, 7) is 7.30. The van der Waals surface area contributed by atoms with Crippen molar-refractivity contribution in [3.63, 3.8) is 0 Å². The third kappa shape index (κ3) is 8.29. The highest BCUT2D eigenvalue weighted by atomic mass is 16.6. The molecule has 0 atom stereocenters. The number of Topliss-reactive ketones (excluding diaryl/α,β-unsaturated/α-hetero) is 1. The topological polar surface area (TPSA) is 91.3 Å². The van der Waals surface area contributed by atoms with Crippen LogP contribution in [0.2, 0.25) is 0 Å². The quantitative estimate of drug-likeness (QED) is 0.378. The molecule has 0 radical (unpaired) electrons. The Kier molecular flexibility index (Phi) is 7.57. The summed E-state index contributed by atoms with van der Waals surface area (Å²) in [5.74, 6) is -0.113. The first-order chi connectivity index (χ1) is 9.17. The number of carbonyl (C=O) groups is 2. The Labute approximate surface area is 120 Å². The summed E-state index contributed by atoms with van der Waals surface area (Å²) < 4.78 is 5.08. The number of nitrogens with one attached hydrogen (secondary N) is 3. The number of ether oxygens (including phenoxy) is 1. The van der Waals surface area contributed by atoms with Crippen LogP contribution in [0.4, 0.5) is 4.79 Å². The van der Waals surface area contributed by atoms with Crippen molar-refractivity contribution in [2.24, 2.45) is 0 Å². The Bertz CT molecular complexity index is 395.